The first-order valence-corrected chi connectivity index (χ1v) is 8.08. The van der Waals surface area contributed by atoms with Gasteiger partial charge in [0.25, 0.3) is 0 Å². The molecule has 1 amide bonds. The van der Waals surface area contributed by atoms with Crippen molar-refractivity contribution >= 4 is 5.91 Å². The van der Waals surface area contributed by atoms with Crippen molar-refractivity contribution in [1.82, 2.24) is 5.32 Å². The van der Waals surface area contributed by atoms with Crippen molar-refractivity contribution in [3.8, 4) is 0 Å². The molecule has 0 unspecified atom stereocenters. The molecule has 0 radical (unpaired) electrons. The number of benzene rings is 1. The third-order valence-electron chi connectivity index (χ3n) is 4.21. The van der Waals surface area contributed by atoms with Gasteiger partial charge in [-0.1, -0.05) is 30.7 Å². The summed E-state index contributed by atoms with van der Waals surface area (Å²) in [4.78, 5) is 11.9. The van der Waals surface area contributed by atoms with Gasteiger partial charge in [-0.05, 0) is 29.9 Å². The molecule has 0 aliphatic heterocycles. The average molecular weight is 344 g/mol. The maximum Gasteiger partial charge on any atom is 0.411 e. The third-order valence-corrected chi connectivity index (χ3v) is 4.21. The lowest BCUT2D eigenvalue weighted by molar-refractivity contribution is -0.176. The minimum absolute atomic E-state index is 0.0186. The van der Waals surface area contributed by atoms with Crippen LogP contribution in [-0.2, 0) is 22.7 Å². The van der Waals surface area contributed by atoms with Crippen molar-refractivity contribution in [2.45, 2.75) is 51.1 Å². The van der Waals surface area contributed by atoms with Gasteiger partial charge in [0.2, 0.25) is 5.91 Å². The van der Waals surface area contributed by atoms with Gasteiger partial charge >= 0.3 is 6.18 Å². The van der Waals surface area contributed by atoms with E-state index in [1.165, 1.54) is 0 Å². The summed E-state index contributed by atoms with van der Waals surface area (Å²) in [5, 5.41) is 2.85. The molecule has 1 aromatic rings. The van der Waals surface area contributed by atoms with Gasteiger partial charge in [0.15, 0.2) is 0 Å². The van der Waals surface area contributed by atoms with Crippen LogP contribution in [0.15, 0.2) is 24.3 Å². The molecule has 1 fully saturated rings. The van der Waals surface area contributed by atoms with Gasteiger partial charge in [-0.15, -0.1) is 0 Å². The van der Waals surface area contributed by atoms with Crippen LogP contribution in [0.1, 0.15) is 36.8 Å². The molecule has 4 nitrogen and oxygen atoms in total. The van der Waals surface area contributed by atoms with E-state index < -0.39 is 12.8 Å². The van der Waals surface area contributed by atoms with Gasteiger partial charge in [0, 0.05) is 19.0 Å². The van der Waals surface area contributed by atoms with Gasteiger partial charge in [0.05, 0.1) is 6.61 Å². The molecule has 1 saturated carbocycles. The number of nitrogens with one attached hydrogen (secondary N) is 1. The highest BCUT2D eigenvalue weighted by molar-refractivity contribution is 5.76. The Bertz CT molecular complexity index is 532. The molecule has 1 aromatic carbocycles. The highest BCUT2D eigenvalue weighted by atomic mass is 19.4. The Hall–Kier alpha value is -1.60. The summed E-state index contributed by atoms with van der Waals surface area (Å²) in [5.41, 5.74) is 7.50. The summed E-state index contributed by atoms with van der Waals surface area (Å²) in [6.45, 7) is -0.954. The quantitative estimate of drug-likeness (QED) is 0.799. The number of nitrogens with two attached hydrogens (primary N) is 1. The number of carbonyl (C=O) groups excluding carboxylic acids is 1. The molecule has 0 bridgehead atoms. The first-order chi connectivity index (χ1) is 11.3. The SMILES string of the molecule is N[C@@H]1CCC[C@H]1CC(=O)NCc1ccc(COCC(F)(F)F)cc1. The molecule has 3 N–H and O–H groups in total. The molecule has 1 aliphatic carbocycles. The monoisotopic (exact) mass is 344 g/mol. The van der Waals surface area contributed by atoms with Gasteiger partial charge in [0.1, 0.15) is 6.61 Å². The molecule has 0 saturated heterocycles. The Morgan fingerprint density at radius 3 is 2.46 bits per heavy atom. The highest BCUT2D eigenvalue weighted by Crippen LogP contribution is 2.26. The Labute approximate surface area is 139 Å². The van der Waals surface area contributed by atoms with Crippen molar-refractivity contribution in [1.29, 1.82) is 0 Å². The Balaban J connectivity index is 1.70. The number of hydrogen-bond donors (Lipinski definition) is 2. The summed E-state index contributed by atoms with van der Waals surface area (Å²) < 4.78 is 40.6. The van der Waals surface area contributed by atoms with Crippen LogP contribution in [0.5, 0.6) is 0 Å². The molecule has 2 rings (SSSR count). The Kier molecular flexibility index (Phi) is 6.62. The third kappa shape index (κ3) is 6.49. The van der Waals surface area contributed by atoms with Crippen LogP contribution in [0.3, 0.4) is 0 Å². The predicted molar refractivity (Wildman–Crippen MR) is 83.9 cm³/mol. The molecule has 134 valence electrons. The van der Waals surface area contributed by atoms with Gasteiger partial charge < -0.3 is 15.8 Å². The molecule has 7 heteroatoms. The number of amides is 1. The number of alkyl halides is 3. The van der Waals surface area contributed by atoms with Crippen LogP contribution in [0.25, 0.3) is 0 Å². The van der Waals surface area contributed by atoms with E-state index in [0.717, 1.165) is 24.8 Å². The van der Waals surface area contributed by atoms with Crippen molar-refractivity contribution in [2.75, 3.05) is 6.61 Å². The molecular formula is C17H23F3N2O2. The van der Waals surface area contributed by atoms with E-state index in [1.54, 1.807) is 24.3 Å². The number of halogens is 3. The zero-order valence-corrected chi connectivity index (χ0v) is 13.4. The lowest BCUT2D eigenvalue weighted by atomic mass is 10.00. The summed E-state index contributed by atoms with van der Waals surface area (Å²) in [5.74, 6) is 0.244. The van der Waals surface area contributed by atoms with E-state index in [-0.39, 0.29) is 24.5 Å². The Morgan fingerprint density at radius 1 is 1.21 bits per heavy atom. The van der Waals surface area contributed by atoms with Crippen molar-refractivity contribution < 1.29 is 22.7 Å². The van der Waals surface area contributed by atoms with E-state index in [0.29, 0.717) is 18.5 Å². The first kappa shape index (κ1) is 18.7. The fraction of sp³-hybridized carbons (Fsp3) is 0.588. The van der Waals surface area contributed by atoms with Crippen LogP contribution in [-0.4, -0.2) is 24.7 Å². The van der Waals surface area contributed by atoms with Crippen LogP contribution in [0, 0.1) is 5.92 Å². The summed E-state index contributed by atoms with van der Waals surface area (Å²) >= 11 is 0. The molecule has 1 aliphatic rings. The normalized spacial score (nSPS) is 21.0. The van der Waals surface area contributed by atoms with E-state index >= 15 is 0 Å². The smallest absolute Gasteiger partial charge is 0.367 e. The first-order valence-electron chi connectivity index (χ1n) is 8.08. The second kappa shape index (κ2) is 8.48. The summed E-state index contributed by atoms with van der Waals surface area (Å²) in [7, 11) is 0. The second-order valence-corrected chi connectivity index (χ2v) is 6.26. The van der Waals surface area contributed by atoms with Crippen LogP contribution in [0.2, 0.25) is 0 Å². The largest absolute Gasteiger partial charge is 0.411 e. The molecule has 24 heavy (non-hydrogen) atoms. The van der Waals surface area contributed by atoms with E-state index in [9.17, 15) is 18.0 Å². The van der Waals surface area contributed by atoms with Crippen molar-refractivity contribution in [3.63, 3.8) is 0 Å². The average Bonchev–Trinajstić information content (AvgIpc) is 2.90. The molecule has 0 aromatic heterocycles. The molecular weight excluding hydrogens is 321 g/mol. The van der Waals surface area contributed by atoms with Crippen LogP contribution >= 0.6 is 0 Å². The van der Waals surface area contributed by atoms with E-state index in [2.05, 4.69) is 10.1 Å². The molecule has 0 heterocycles. The van der Waals surface area contributed by atoms with Crippen molar-refractivity contribution in [2.24, 2.45) is 11.7 Å². The molecule has 2 atom stereocenters. The van der Waals surface area contributed by atoms with Gasteiger partial charge in [-0.3, -0.25) is 4.79 Å². The topological polar surface area (TPSA) is 64.4 Å². The van der Waals surface area contributed by atoms with Crippen LogP contribution < -0.4 is 11.1 Å². The van der Waals surface area contributed by atoms with E-state index in [1.807, 2.05) is 0 Å². The molecule has 0 spiro atoms. The number of hydrogen-bond acceptors (Lipinski definition) is 3. The lowest BCUT2D eigenvalue weighted by Crippen LogP contribution is -2.31. The lowest BCUT2D eigenvalue weighted by Gasteiger charge is -2.14. The zero-order chi connectivity index (χ0) is 17.6. The summed E-state index contributed by atoms with van der Waals surface area (Å²) in [6, 6.07) is 7.06. The maximum absolute atomic E-state index is 12.0. The second-order valence-electron chi connectivity index (χ2n) is 6.26. The Morgan fingerprint density at radius 2 is 1.88 bits per heavy atom. The van der Waals surface area contributed by atoms with Gasteiger partial charge in [-0.2, -0.15) is 13.2 Å². The van der Waals surface area contributed by atoms with E-state index in [4.69, 9.17) is 5.73 Å². The highest BCUT2D eigenvalue weighted by Gasteiger charge is 2.27. The summed E-state index contributed by atoms with van der Waals surface area (Å²) in [6.07, 6.45) is -0.801. The standard InChI is InChI=1S/C17H23F3N2O2/c18-17(19,20)11-24-10-13-6-4-12(5-7-13)9-22-16(23)8-14-2-1-3-15(14)21/h4-7,14-15H,1-3,8-11,21H2,(H,22,23)/t14-,15+/m0/s1. The fourth-order valence-electron chi connectivity index (χ4n) is 2.87. The minimum atomic E-state index is -4.31. The zero-order valence-electron chi connectivity index (χ0n) is 13.4. The number of ether oxygens (including phenoxy) is 1. The number of rotatable bonds is 7. The van der Waals surface area contributed by atoms with Crippen LogP contribution in [0.4, 0.5) is 13.2 Å². The fourth-order valence-corrected chi connectivity index (χ4v) is 2.87. The van der Waals surface area contributed by atoms with Crippen molar-refractivity contribution in [3.05, 3.63) is 35.4 Å². The predicted octanol–water partition coefficient (Wildman–Crippen LogP) is 2.90. The maximum atomic E-state index is 12.0. The van der Waals surface area contributed by atoms with Gasteiger partial charge in [-0.25, -0.2) is 0 Å². The minimum Gasteiger partial charge on any atom is -0.367 e. The number of carbonyl (C=O) groups is 1.